The Morgan fingerprint density at radius 2 is 1.82 bits per heavy atom. The van der Waals surface area contributed by atoms with Gasteiger partial charge in [-0.05, 0) is 66.7 Å². The molecule has 5 rings (SSSR count). The van der Waals surface area contributed by atoms with Crippen molar-refractivity contribution in [1.29, 1.82) is 0 Å². The second kappa shape index (κ2) is 6.34. The highest BCUT2D eigenvalue weighted by molar-refractivity contribution is 6.05. The fourth-order valence-corrected chi connectivity index (χ4v) is 5.18. The Labute approximate surface area is 168 Å². The summed E-state index contributed by atoms with van der Waals surface area (Å²) < 4.78 is 9.00. The number of aryl methyl sites for hydroxylation is 2. The number of aromatic nitrogens is 1. The van der Waals surface area contributed by atoms with E-state index in [1.807, 2.05) is 0 Å². The van der Waals surface area contributed by atoms with E-state index in [4.69, 9.17) is 4.74 Å². The number of hydrogen-bond donors (Lipinski definition) is 0. The molecule has 1 aliphatic carbocycles. The maximum absolute atomic E-state index is 6.74. The minimum Gasteiger partial charge on any atom is -0.449 e. The van der Waals surface area contributed by atoms with Crippen molar-refractivity contribution in [3.05, 3.63) is 52.7 Å². The Morgan fingerprint density at radius 3 is 2.54 bits per heavy atom. The summed E-state index contributed by atoms with van der Waals surface area (Å²) in [6.07, 6.45) is 7.47. The molecule has 0 spiro atoms. The minimum atomic E-state index is 0.483. The van der Waals surface area contributed by atoms with Gasteiger partial charge in [0.1, 0.15) is 12.8 Å². The summed E-state index contributed by atoms with van der Waals surface area (Å²) in [7, 11) is 2.15. The Kier molecular flexibility index (Phi) is 4.01. The highest BCUT2D eigenvalue weighted by Gasteiger charge is 2.34. The molecule has 2 heterocycles. The van der Waals surface area contributed by atoms with E-state index >= 15 is 0 Å². The van der Waals surface area contributed by atoms with E-state index in [0.29, 0.717) is 11.8 Å². The molecule has 0 amide bonds. The van der Waals surface area contributed by atoms with Gasteiger partial charge in [-0.2, -0.15) is 4.57 Å². The number of rotatable bonds is 2. The van der Waals surface area contributed by atoms with Gasteiger partial charge in [0.25, 0.3) is 5.69 Å². The lowest BCUT2D eigenvalue weighted by Crippen LogP contribution is -2.32. The lowest BCUT2D eigenvalue weighted by molar-refractivity contribution is -0.660. The maximum atomic E-state index is 6.74. The average molecular weight is 373 g/mol. The van der Waals surface area contributed by atoms with Crippen molar-refractivity contribution in [2.24, 2.45) is 7.05 Å². The molecule has 0 atom stereocenters. The van der Waals surface area contributed by atoms with Gasteiger partial charge in [-0.15, -0.1) is 0 Å². The molecule has 0 N–H and O–H groups in total. The highest BCUT2D eigenvalue weighted by Crippen LogP contribution is 2.51. The molecule has 0 saturated heterocycles. The molecule has 1 aliphatic heterocycles. The van der Waals surface area contributed by atoms with Gasteiger partial charge in [0.2, 0.25) is 5.75 Å². The maximum Gasteiger partial charge on any atom is 0.256 e. The SMILES string of the molecule is Cc1cc2cc(C(C)C)cc3c2c(c1C)-c1c(c(C2CCCC2)cc[n+]1C)O3. The van der Waals surface area contributed by atoms with Crippen molar-refractivity contribution >= 4 is 10.8 Å². The fraction of sp³-hybridized carbons (Fsp3) is 0.423. The molecular formula is C26H30NO+. The largest absolute Gasteiger partial charge is 0.449 e. The van der Waals surface area contributed by atoms with Crippen LogP contribution in [0.5, 0.6) is 11.5 Å². The first-order valence-corrected chi connectivity index (χ1v) is 10.7. The monoisotopic (exact) mass is 372 g/mol. The third-order valence-corrected chi connectivity index (χ3v) is 6.96. The molecule has 1 aromatic heterocycles. The van der Waals surface area contributed by atoms with E-state index < -0.39 is 0 Å². The van der Waals surface area contributed by atoms with E-state index in [1.54, 1.807) is 0 Å². The van der Waals surface area contributed by atoms with Crippen LogP contribution in [-0.2, 0) is 7.05 Å². The zero-order valence-electron chi connectivity index (χ0n) is 17.7. The standard InChI is InChI=1S/C26H30NO/c1-15(2)19-13-20-12-16(3)17(4)23-24(20)22(14-19)28-26-21(18-8-6-7-9-18)10-11-27(5)25(23)26/h10-15,18H,6-9H2,1-5H3/q+1. The Morgan fingerprint density at radius 1 is 1.07 bits per heavy atom. The second-order valence-corrected chi connectivity index (χ2v) is 9.11. The minimum absolute atomic E-state index is 0.483. The van der Waals surface area contributed by atoms with Crippen molar-refractivity contribution in [2.75, 3.05) is 0 Å². The lowest BCUT2D eigenvalue weighted by atomic mass is 9.86. The molecule has 2 nitrogen and oxygen atoms in total. The predicted octanol–water partition coefficient (Wildman–Crippen LogP) is 6.83. The van der Waals surface area contributed by atoms with Crippen LogP contribution >= 0.6 is 0 Å². The van der Waals surface area contributed by atoms with Crippen LogP contribution in [0, 0.1) is 13.8 Å². The molecule has 2 heteroatoms. The molecule has 2 aromatic carbocycles. The topological polar surface area (TPSA) is 13.1 Å². The van der Waals surface area contributed by atoms with Gasteiger partial charge < -0.3 is 4.74 Å². The van der Waals surface area contributed by atoms with Crippen LogP contribution in [0.15, 0.2) is 30.5 Å². The number of fused-ring (bicyclic) bond motifs is 2. The summed E-state index contributed by atoms with van der Waals surface area (Å²) in [6, 6.07) is 9.27. The van der Waals surface area contributed by atoms with E-state index in [-0.39, 0.29) is 0 Å². The number of benzene rings is 2. The summed E-state index contributed by atoms with van der Waals surface area (Å²) in [5.41, 5.74) is 8.09. The second-order valence-electron chi connectivity index (χ2n) is 9.11. The van der Waals surface area contributed by atoms with Crippen molar-refractivity contribution in [3.63, 3.8) is 0 Å². The number of pyridine rings is 1. The van der Waals surface area contributed by atoms with Crippen LogP contribution in [0.25, 0.3) is 22.0 Å². The summed E-state index contributed by atoms with van der Waals surface area (Å²) in [6.45, 7) is 9.03. The zero-order valence-corrected chi connectivity index (χ0v) is 17.7. The van der Waals surface area contributed by atoms with E-state index in [1.165, 1.54) is 70.0 Å². The van der Waals surface area contributed by atoms with Gasteiger partial charge in [-0.25, -0.2) is 0 Å². The molecule has 3 aromatic rings. The van der Waals surface area contributed by atoms with Crippen molar-refractivity contribution in [2.45, 2.75) is 65.2 Å². The number of nitrogens with zero attached hydrogens (tertiary/aromatic N) is 1. The molecule has 1 fully saturated rings. The highest BCUT2D eigenvalue weighted by atomic mass is 16.5. The van der Waals surface area contributed by atoms with Crippen LogP contribution < -0.4 is 9.30 Å². The Bertz CT molecular complexity index is 1100. The van der Waals surface area contributed by atoms with Crippen LogP contribution in [0.4, 0.5) is 0 Å². The molecule has 144 valence electrons. The molecule has 28 heavy (non-hydrogen) atoms. The Hall–Kier alpha value is -2.35. The van der Waals surface area contributed by atoms with Gasteiger partial charge in [0.15, 0.2) is 6.20 Å². The summed E-state index contributed by atoms with van der Waals surface area (Å²) in [5, 5.41) is 2.58. The van der Waals surface area contributed by atoms with Gasteiger partial charge in [-0.1, -0.05) is 38.8 Å². The first-order chi connectivity index (χ1) is 13.5. The van der Waals surface area contributed by atoms with Gasteiger partial charge in [0.05, 0.1) is 5.56 Å². The normalized spacial score (nSPS) is 15.9. The van der Waals surface area contributed by atoms with Gasteiger partial charge in [0, 0.05) is 17.0 Å². The quantitative estimate of drug-likeness (QED) is 0.351. The van der Waals surface area contributed by atoms with E-state index in [2.05, 4.69) is 69.8 Å². The average Bonchev–Trinajstić information content (AvgIpc) is 3.19. The Balaban J connectivity index is 1.88. The zero-order chi connectivity index (χ0) is 19.6. The molecule has 1 saturated carbocycles. The van der Waals surface area contributed by atoms with Crippen molar-refractivity contribution < 1.29 is 9.30 Å². The van der Waals surface area contributed by atoms with Gasteiger partial charge >= 0.3 is 0 Å². The van der Waals surface area contributed by atoms with Crippen LogP contribution in [0.3, 0.4) is 0 Å². The summed E-state index contributed by atoms with van der Waals surface area (Å²) >= 11 is 0. The smallest absolute Gasteiger partial charge is 0.256 e. The van der Waals surface area contributed by atoms with Gasteiger partial charge in [-0.3, -0.25) is 0 Å². The van der Waals surface area contributed by atoms with E-state index in [9.17, 15) is 0 Å². The fourth-order valence-electron chi connectivity index (χ4n) is 5.18. The molecule has 0 unspecified atom stereocenters. The van der Waals surface area contributed by atoms with Crippen LogP contribution in [0.1, 0.15) is 73.6 Å². The third kappa shape index (κ3) is 2.50. The molecule has 0 bridgehead atoms. The first-order valence-electron chi connectivity index (χ1n) is 10.7. The van der Waals surface area contributed by atoms with Crippen molar-refractivity contribution in [3.8, 4) is 22.8 Å². The van der Waals surface area contributed by atoms with Crippen LogP contribution in [-0.4, -0.2) is 0 Å². The summed E-state index contributed by atoms with van der Waals surface area (Å²) in [4.78, 5) is 0. The predicted molar refractivity (Wildman–Crippen MR) is 115 cm³/mol. The summed E-state index contributed by atoms with van der Waals surface area (Å²) in [5.74, 6) is 3.25. The van der Waals surface area contributed by atoms with Crippen molar-refractivity contribution in [1.82, 2.24) is 0 Å². The third-order valence-electron chi connectivity index (χ3n) is 6.96. The van der Waals surface area contributed by atoms with E-state index in [0.717, 1.165) is 11.5 Å². The molecule has 0 radical (unpaired) electrons. The number of ether oxygens (including phenoxy) is 1. The molecule has 2 aliphatic rings. The molecular weight excluding hydrogens is 342 g/mol. The first kappa shape index (κ1) is 17.7. The lowest BCUT2D eigenvalue weighted by Gasteiger charge is -2.26. The van der Waals surface area contributed by atoms with Crippen LogP contribution in [0.2, 0.25) is 0 Å². The number of hydrogen-bond acceptors (Lipinski definition) is 1.